The second-order valence-corrected chi connectivity index (χ2v) is 10.5. The molecule has 3 rings (SSSR count). The Bertz CT molecular complexity index is 808. The van der Waals surface area contributed by atoms with Crippen LogP contribution in [0.4, 0.5) is 5.69 Å². The minimum Gasteiger partial charge on any atom is -0.369 e. The molecule has 2 heterocycles. The van der Waals surface area contributed by atoms with E-state index in [0.717, 1.165) is 26.2 Å². The van der Waals surface area contributed by atoms with E-state index in [4.69, 9.17) is 4.98 Å². The van der Waals surface area contributed by atoms with E-state index in [0.29, 0.717) is 11.8 Å². The third-order valence-electron chi connectivity index (χ3n) is 7.62. The maximum Gasteiger partial charge on any atom is 0.0429 e. The van der Waals surface area contributed by atoms with E-state index < -0.39 is 0 Å². The first-order chi connectivity index (χ1) is 14.0. The molecule has 0 spiro atoms. The van der Waals surface area contributed by atoms with Gasteiger partial charge in [0.25, 0.3) is 0 Å². The maximum absolute atomic E-state index is 4.75. The number of hydrogen-bond acceptors (Lipinski definition) is 3. The Morgan fingerprint density at radius 1 is 0.767 bits per heavy atom. The Kier molecular flexibility index (Phi) is 6.62. The van der Waals surface area contributed by atoms with Crippen molar-refractivity contribution in [1.82, 2.24) is 9.88 Å². The molecule has 0 bridgehead atoms. The minimum absolute atomic E-state index is 0.0105. The smallest absolute Gasteiger partial charge is 0.0429 e. The molecule has 0 aliphatic carbocycles. The van der Waals surface area contributed by atoms with Crippen molar-refractivity contribution in [2.24, 2.45) is 0 Å². The Morgan fingerprint density at radius 2 is 1.37 bits per heavy atom. The highest BCUT2D eigenvalue weighted by atomic mass is 15.3. The summed E-state index contributed by atoms with van der Waals surface area (Å²) in [6.45, 7) is 22.8. The standard InChI is InChI=1S/C27H41N3/c1-20(2)22-9-12-24(13-10-22)29-15-17-30(18-16-29)27(7,8)26(5,6)23-11-14-25(21(3)4)28-19-23/h9-14,19-21H,15-18H2,1-8H3. The lowest BCUT2D eigenvalue weighted by atomic mass is 9.69. The van der Waals surface area contributed by atoms with E-state index in [1.165, 1.54) is 22.5 Å². The van der Waals surface area contributed by atoms with Crippen molar-refractivity contribution in [3.8, 4) is 0 Å². The van der Waals surface area contributed by atoms with Gasteiger partial charge in [0.05, 0.1) is 0 Å². The number of benzene rings is 1. The molecule has 1 aromatic carbocycles. The van der Waals surface area contributed by atoms with E-state index >= 15 is 0 Å². The van der Waals surface area contributed by atoms with Crippen LogP contribution in [0.5, 0.6) is 0 Å². The predicted molar refractivity (Wildman–Crippen MR) is 130 cm³/mol. The minimum atomic E-state index is 0.0105. The summed E-state index contributed by atoms with van der Waals surface area (Å²) in [6, 6.07) is 13.7. The topological polar surface area (TPSA) is 19.4 Å². The molecule has 3 heteroatoms. The summed E-state index contributed by atoms with van der Waals surface area (Å²) in [4.78, 5) is 9.95. The van der Waals surface area contributed by atoms with E-state index in [1.807, 2.05) is 0 Å². The number of piperazine rings is 1. The monoisotopic (exact) mass is 407 g/mol. The van der Waals surface area contributed by atoms with Crippen LogP contribution in [0.2, 0.25) is 0 Å². The number of pyridine rings is 1. The maximum atomic E-state index is 4.75. The van der Waals surface area contributed by atoms with Crippen molar-refractivity contribution >= 4 is 5.69 Å². The van der Waals surface area contributed by atoms with Crippen LogP contribution >= 0.6 is 0 Å². The largest absolute Gasteiger partial charge is 0.369 e. The summed E-state index contributed by atoms with van der Waals surface area (Å²) < 4.78 is 0. The Balaban J connectivity index is 1.69. The fraction of sp³-hybridized carbons (Fsp3) is 0.593. The zero-order valence-corrected chi connectivity index (χ0v) is 20.4. The zero-order valence-electron chi connectivity index (χ0n) is 20.4. The Labute approximate surface area is 184 Å². The van der Waals surface area contributed by atoms with Crippen LogP contribution in [0, 0.1) is 0 Å². The number of anilines is 1. The SMILES string of the molecule is CC(C)c1ccc(N2CCN(C(C)(C)C(C)(C)c3ccc(C(C)C)nc3)CC2)cc1. The van der Waals surface area contributed by atoms with Gasteiger partial charge >= 0.3 is 0 Å². The van der Waals surface area contributed by atoms with Gasteiger partial charge in [-0.1, -0.05) is 59.7 Å². The molecule has 0 atom stereocenters. The lowest BCUT2D eigenvalue weighted by Crippen LogP contribution is -2.61. The fourth-order valence-electron chi connectivity index (χ4n) is 4.46. The van der Waals surface area contributed by atoms with Gasteiger partial charge in [0.15, 0.2) is 0 Å². The van der Waals surface area contributed by atoms with Gasteiger partial charge in [0.1, 0.15) is 0 Å². The second kappa shape index (κ2) is 8.70. The number of rotatable bonds is 6. The van der Waals surface area contributed by atoms with Crippen molar-refractivity contribution in [2.45, 2.75) is 78.2 Å². The molecule has 1 aliphatic rings. The second-order valence-electron chi connectivity index (χ2n) is 10.5. The quantitative estimate of drug-likeness (QED) is 0.568. The molecule has 1 aromatic heterocycles. The highest BCUT2D eigenvalue weighted by molar-refractivity contribution is 5.48. The lowest BCUT2D eigenvalue weighted by Gasteiger charge is -2.52. The molecule has 0 saturated carbocycles. The first-order valence-corrected chi connectivity index (χ1v) is 11.6. The molecule has 1 saturated heterocycles. The number of aromatic nitrogens is 1. The zero-order chi connectivity index (χ0) is 22.1. The molecule has 1 aliphatic heterocycles. The molecule has 30 heavy (non-hydrogen) atoms. The van der Waals surface area contributed by atoms with Gasteiger partial charge in [-0.3, -0.25) is 9.88 Å². The Hall–Kier alpha value is -1.87. The summed E-state index contributed by atoms with van der Waals surface area (Å²) in [5.41, 5.74) is 5.31. The summed E-state index contributed by atoms with van der Waals surface area (Å²) in [6.07, 6.45) is 2.10. The van der Waals surface area contributed by atoms with Crippen molar-refractivity contribution in [2.75, 3.05) is 31.1 Å². The van der Waals surface area contributed by atoms with Crippen molar-refractivity contribution < 1.29 is 0 Å². The highest BCUT2D eigenvalue weighted by Crippen LogP contribution is 2.39. The van der Waals surface area contributed by atoms with Crippen LogP contribution in [0.15, 0.2) is 42.6 Å². The summed E-state index contributed by atoms with van der Waals surface area (Å²) in [7, 11) is 0. The summed E-state index contributed by atoms with van der Waals surface area (Å²) in [5, 5.41) is 0. The van der Waals surface area contributed by atoms with Gasteiger partial charge in [-0.25, -0.2) is 0 Å². The van der Waals surface area contributed by atoms with E-state index in [-0.39, 0.29) is 11.0 Å². The predicted octanol–water partition coefficient (Wildman–Crippen LogP) is 6.21. The van der Waals surface area contributed by atoms with Gasteiger partial charge < -0.3 is 4.90 Å². The summed E-state index contributed by atoms with van der Waals surface area (Å²) in [5.74, 6) is 1.06. The average Bonchev–Trinajstić information content (AvgIpc) is 2.73. The molecule has 0 radical (unpaired) electrons. The molecular weight excluding hydrogens is 366 g/mol. The number of hydrogen-bond donors (Lipinski definition) is 0. The van der Waals surface area contributed by atoms with Crippen molar-refractivity contribution in [1.29, 1.82) is 0 Å². The normalized spacial score (nSPS) is 16.5. The van der Waals surface area contributed by atoms with Crippen LogP contribution in [-0.4, -0.2) is 41.6 Å². The van der Waals surface area contributed by atoms with Crippen LogP contribution in [0.25, 0.3) is 0 Å². The molecule has 0 unspecified atom stereocenters. The van der Waals surface area contributed by atoms with Gasteiger partial charge in [-0.15, -0.1) is 0 Å². The average molecular weight is 408 g/mol. The highest BCUT2D eigenvalue weighted by Gasteiger charge is 2.43. The molecule has 2 aromatic rings. The van der Waals surface area contributed by atoms with Gasteiger partial charge in [-0.05, 0) is 55.0 Å². The van der Waals surface area contributed by atoms with Gasteiger partial charge in [0, 0.05) is 54.7 Å². The molecule has 164 valence electrons. The van der Waals surface area contributed by atoms with E-state index in [9.17, 15) is 0 Å². The van der Waals surface area contributed by atoms with Crippen LogP contribution in [0.3, 0.4) is 0 Å². The van der Waals surface area contributed by atoms with Crippen molar-refractivity contribution in [3.63, 3.8) is 0 Å². The van der Waals surface area contributed by atoms with Crippen LogP contribution in [-0.2, 0) is 5.41 Å². The fourth-order valence-corrected chi connectivity index (χ4v) is 4.46. The third-order valence-corrected chi connectivity index (χ3v) is 7.62. The van der Waals surface area contributed by atoms with Crippen LogP contribution in [0.1, 0.15) is 84.0 Å². The van der Waals surface area contributed by atoms with E-state index in [1.54, 1.807) is 0 Å². The third kappa shape index (κ3) is 4.42. The van der Waals surface area contributed by atoms with Gasteiger partial charge in [-0.2, -0.15) is 0 Å². The van der Waals surface area contributed by atoms with Crippen LogP contribution < -0.4 is 4.90 Å². The summed E-state index contributed by atoms with van der Waals surface area (Å²) >= 11 is 0. The molecule has 0 amide bonds. The first kappa shape index (κ1) is 22.8. The van der Waals surface area contributed by atoms with Gasteiger partial charge in [0.2, 0.25) is 0 Å². The number of nitrogens with zero attached hydrogens (tertiary/aromatic N) is 3. The Morgan fingerprint density at radius 3 is 1.83 bits per heavy atom. The molecule has 3 nitrogen and oxygen atoms in total. The molecule has 1 fully saturated rings. The molecule has 0 N–H and O–H groups in total. The lowest BCUT2D eigenvalue weighted by molar-refractivity contribution is 0.0493. The first-order valence-electron chi connectivity index (χ1n) is 11.6. The van der Waals surface area contributed by atoms with Crippen molar-refractivity contribution in [3.05, 3.63) is 59.4 Å². The van der Waals surface area contributed by atoms with E-state index in [2.05, 4.69) is 108 Å². The molecular formula is C27H41N3.